The van der Waals surface area contributed by atoms with Crippen molar-refractivity contribution in [3.05, 3.63) is 71.8 Å². The molecular weight excluding hydrogens is 502 g/mol. The summed E-state index contributed by atoms with van der Waals surface area (Å²) in [5.74, 6) is 0.268. The number of nitrogens with zero attached hydrogens (tertiary/aromatic N) is 2. The van der Waals surface area contributed by atoms with Gasteiger partial charge < -0.3 is 14.5 Å². The Hall–Kier alpha value is -3.17. The van der Waals surface area contributed by atoms with Gasteiger partial charge in [0.05, 0.1) is 16.5 Å². The maximum absolute atomic E-state index is 13.4. The predicted octanol–water partition coefficient (Wildman–Crippen LogP) is 4.23. The third-order valence-corrected chi connectivity index (χ3v) is 7.88. The van der Waals surface area contributed by atoms with Gasteiger partial charge in [-0.1, -0.05) is 56.3 Å². The van der Waals surface area contributed by atoms with Crippen LogP contribution < -0.4 is 9.46 Å². The van der Waals surface area contributed by atoms with E-state index >= 15 is 0 Å². The van der Waals surface area contributed by atoms with Crippen molar-refractivity contribution in [1.82, 2.24) is 14.5 Å². The molecule has 206 valence electrons. The predicted molar refractivity (Wildman–Crippen MR) is 148 cm³/mol. The number of fused-ring (bicyclic) bond motifs is 1. The minimum absolute atomic E-state index is 0.0155. The van der Waals surface area contributed by atoms with Gasteiger partial charge in [0.2, 0.25) is 15.9 Å². The number of rotatable bonds is 6. The molecule has 0 radical (unpaired) electrons. The summed E-state index contributed by atoms with van der Waals surface area (Å²) in [6.07, 6.45) is 6.27. The van der Waals surface area contributed by atoms with Gasteiger partial charge in [-0.3, -0.25) is 9.59 Å². The van der Waals surface area contributed by atoms with Gasteiger partial charge in [0.1, 0.15) is 12.4 Å². The van der Waals surface area contributed by atoms with Crippen LogP contribution in [0.25, 0.3) is 0 Å². The van der Waals surface area contributed by atoms with Crippen LogP contribution in [-0.4, -0.2) is 62.8 Å². The van der Waals surface area contributed by atoms with Crippen molar-refractivity contribution in [2.45, 2.75) is 57.5 Å². The number of hydrogen-bond acceptors (Lipinski definition) is 5. The van der Waals surface area contributed by atoms with E-state index < -0.39 is 10.0 Å². The summed E-state index contributed by atoms with van der Waals surface area (Å²) in [6, 6.07) is 13.4. The second-order valence-electron chi connectivity index (χ2n) is 10.1. The number of hydrogen-bond donors (Lipinski definition) is 1. The summed E-state index contributed by atoms with van der Waals surface area (Å²) >= 11 is 0. The van der Waals surface area contributed by atoms with Gasteiger partial charge in [-0.15, -0.1) is 0 Å². The molecule has 2 aromatic rings. The SMILES string of the molecule is CC(=O)N1CCC/C=C/CN(C)C(=O)c2cc(S(=O)(=O)NCc3ccccc3)ccc2OC[C@@H]1CC(C)C. The molecule has 1 atom stereocenters. The van der Waals surface area contributed by atoms with Crippen molar-refractivity contribution in [2.24, 2.45) is 5.92 Å². The lowest BCUT2D eigenvalue weighted by Gasteiger charge is -2.32. The maximum atomic E-state index is 13.4. The van der Waals surface area contributed by atoms with E-state index in [1.165, 1.54) is 23.1 Å². The average molecular weight is 542 g/mol. The number of benzene rings is 2. The van der Waals surface area contributed by atoms with Gasteiger partial charge in [0.15, 0.2) is 0 Å². The number of carbonyl (C=O) groups is 2. The van der Waals surface area contributed by atoms with Crippen LogP contribution in [0.1, 0.15) is 56.0 Å². The van der Waals surface area contributed by atoms with E-state index in [1.807, 2.05) is 47.4 Å². The molecule has 0 fully saturated rings. The Morgan fingerprint density at radius 3 is 2.55 bits per heavy atom. The van der Waals surface area contributed by atoms with Crippen LogP contribution in [0.4, 0.5) is 0 Å². The molecule has 2 amide bonds. The highest BCUT2D eigenvalue weighted by Crippen LogP contribution is 2.26. The van der Waals surface area contributed by atoms with Gasteiger partial charge in [0, 0.05) is 33.6 Å². The molecule has 1 aliphatic rings. The van der Waals surface area contributed by atoms with Crippen molar-refractivity contribution >= 4 is 21.8 Å². The van der Waals surface area contributed by atoms with Crippen LogP contribution in [0.15, 0.2) is 65.6 Å². The standard InChI is InChI=1S/C29H39N3O5S/c1-22(2)18-25-21-37-28-15-14-26(38(35,36)30-20-24-12-8-7-9-13-24)19-27(28)29(34)31(4)16-10-5-6-11-17-32(25)23(3)33/h5,7-10,12-15,19,22,25,30H,6,11,16-18,20-21H2,1-4H3/b10-5+/t25-/m0/s1. The van der Waals surface area contributed by atoms with E-state index in [1.54, 1.807) is 14.0 Å². The zero-order valence-corrected chi connectivity index (χ0v) is 23.5. The van der Waals surface area contributed by atoms with Crippen LogP contribution in [-0.2, 0) is 21.4 Å². The molecule has 8 nitrogen and oxygen atoms in total. The molecule has 0 saturated carbocycles. The third kappa shape index (κ3) is 8.16. The molecule has 0 unspecified atom stereocenters. The Morgan fingerprint density at radius 2 is 1.87 bits per heavy atom. The first-order chi connectivity index (χ1) is 18.1. The minimum atomic E-state index is -3.88. The third-order valence-electron chi connectivity index (χ3n) is 6.48. The first kappa shape index (κ1) is 29.4. The highest BCUT2D eigenvalue weighted by atomic mass is 32.2. The molecule has 0 aliphatic carbocycles. The van der Waals surface area contributed by atoms with Crippen molar-refractivity contribution in [1.29, 1.82) is 0 Å². The molecule has 0 aromatic heterocycles. The molecule has 0 bridgehead atoms. The first-order valence-electron chi connectivity index (χ1n) is 13.1. The highest BCUT2D eigenvalue weighted by Gasteiger charge is 2.26. The number of sulfonamides is 1. The second-order valence-corrected chi connectivity index (χ2v) is 11.8. The molecule has 1 aliphatic heterocycles. The molecule has 1 N–H and O–H groups in total. The Bertz CT molecular complexity index is 1230. The monoisotopic (exact) mass is 541 g/mol. The zero-order valence-electron chi connectivity index (χ0n) is 22.7. The van der Waals surface area contributed by atoms with Gasteiger partial charge in [-0.2, -0.15) is 0 Å². The Morgan fingerprint density at radius 1 is 1.13 bits per heavy atom. The Labute approximate surface area is 226 Å². The fourth-order valence-electron chi connectivity index (χ4n) is 4.46. The maximum Gasteiger partial charge on any atom is 0.257 e. The molecule has 3 rings (SSSR count). The molecule has 9 heteroatoms. The van der Waals surface area contributed by atoms with Crippen molar-refractivity contribution in [3.8, 4) is 5.75 Å². The number of amides is 2. The van der Waals surface area contributed by atoms with E-state index in [0.29, 0.717) is 24.8 Å². The van der Waals surface area contributed by atoms with Gasteiger partial charge in [-0.05, 0) is 48.9 Å². The van der Waals surface area contributed by atoms with Gasteiger partial charge in [-0.25, -0.2) is 13.1 Å². The minimum Gasteiger partial charge on any atom is -0.491 e. The topological polar surface area (TPSA) is 96.0 Å². The number of carbonyl (C=O) groups excluding carboxylic acids is 2. The van der Waals surface area contributed by atoms with E-state index in [4.69, 9.17) is 4.74 Å². The summed E-state index contributed by atoms with van der Waals surface area (Å²) in [6.45, 7) is 7.08. The van der Waals surface area contributed by atoms with Crippen LogP contribution in [0.3, 0.4) is 0 Å². The highest BCUT2D eigenvalue weighted by molar-refractivity contribution is 7.89. The molecule has 2 aromatic carbocycles. The van der Waals surface area contributed by atoms with Gasteiger partial charge in [0.25, 0.3) is 5.91 Å². The molecule has 1 heterocycles. The molecule has 0 spiro atoms. The smallest absolute Gasteiger partial charge is 0.257 e. The van der Waals surface area contributed by atoms with E-state index in [0.717, 1.165) is 24.8 Å². The van der Waals surface area contributed by atoms with Crippen molar-refractivity contribution < 1.29 is 22.7 Å². The van der Waals surface area contributed by atoms with Crippen LogP contribution in [0.5, 0.6) is 5.75 Å². The summed E-state index contributed by atoms with van der Waals surface area (Å²) < 4.78 is 35.0. The number of nitrogens with one attached hydrogen (secondary N) is 1. The fourth-order valence-corrected chi connectivity index (χ4v) is 5.50. The van der Waals surface area contributed by atoms with Crippen LogP contribution in [0.2, 0.25) is 0 Å². The molecule has 0 saturated heterocycles. The first-order valence-corrected chi connectivity index (χ1v) is 14.5. The molecule has 38 heavy (non-hydrogen) atoms. The van der Waals surface area contributed by atoms with Crippen molar-refractivity contribution in [2.75, 3.05) is 26.7 Å². The normalized spacial score (nSPS) is 18.4. The summed E-state index contributed by atoms with van der Waals surface area (Å²) in [7, 11) is -2.21. The summed E-state index contributed by atoms with van der Waals surface area (Å²) in [5.41, 5.74) is 0.990. The summed E-state index contributed by atoms with van der Waals surface area (Å²) in [5, 5.41) is 0. The number of likely N-dealkylation sites (N-methyl/N-ethyl adjacent to an activating group) is 1. The van der Waals surface area contributed by atoms with Crippen LogP contribution >= 0.6 is 0 Å². The quantitative estimate of drug-likeness (QED) is 0.552. The zero-order chi connectivity index (χ0) is 27.7. The Kier molecular flexibility index (Phi) is 10.5. The van der Waals surface area contributed by atoms with Gasteiger partial charge >= 0.3 is 0 Å². The van der Waals surface area contributed by atoms with Crippen molar-refractivity contribution in [3.63, 3.8) is 0 Å². The molecular formula is C29H39N3O5S. The largest absolute Gasteiger partial charge is 0.491 e. The lowest BCUT2D eigenvalue weighted by atomic mass is 10.0. The number of ether oxygens (including phenoxy) is 1. The summed E-state index contributed by atoms with van der Waals surface area (Å²) in [4.78, 5) is 29.3. The van der Waals surface area contributed by atoms with E-state index in [9.17, 15) is 18.0 Å². The van der Waals surface area contributed by atoms with E-state index in [2.05, 4.69) is 18.6 Å². The Balaban J connectivity index is 1.95. The van der Waals surface area contributed by atoms with E-state index in [-0.39, 0.29) is 41.5 Å². The second kappa shape index (κ2) is 13.6. The average Bonchev–Trinajstić information content (AvgIpc) is 2.88. The lowest BCUT2D eigenvalue weighted by molar-refractivity contribution is -0.132. The fraction of sp³-hybridized carbons (Fsp3) is 0.448. The number of allylic oxidation sites excluding steroid dienone is 1. The lowest BCUT2D eigenvalue weighted by Crippen LogP contribution is -2.44. The van der Waals surface area contributed by atoms with Crippen LogP contribution in [0, 0.1) is 5.92 Å².